The molecular weight excluding hydrogens is 230 g/mol. The molecule has 14 heavy (non-hydrogen) atoms. The number of methoxy groups -OCH3 is 1. The molecule has 0 bridgehead atoms. The summed E-state index contributed by atoms with van der Waals surface area (Å²) in [4.78, 5) is 10.9. The van der Waals surface area contributed by atoms with Gasteiger partial charge in [-0.05, 0) is 13.8 Å². The molecular formula is C7H14ClNO4S. The number of hydrogen-bond donors (Lipinski definition) is 0. The fourth-order valence-corrected chi connectivity index (χ4v) is 2.30. The minimum atomic E-state index is -3.57. The normalized spacial score (nSPS) is 12.1. The van der Waals surface area contributed by atoms with E-state index in [0.717, 1.165) is 4.31 Å². The summed E-state index contributed by atoms with van der Waals surface area (Å²) in [5.74, 6) is -0.604. The third-order valence-corrected chi connectivity index (χ3v) is 3.95. The van der Waals surface area contributed by atoms with Gasteiger partial charge in [-0.15, -0.1) is 11.6 Å². The molecule has 0 radical (unpaired) electrons. The lowest BCUT2D eigenvalue weighted by Gasteiger charge is -2.23. The van der Waals surface area contributed by atoms with Gasteiger partial charge < -0.3 is 4.74 Å². The number of rotatable bonds is 5. The predicted molar refractivity (Wildman–Crippen MR) is 53.5 cm³/mol. The molecule has 0 atom stereocenters. The van der Waals surface area contributed by atoms with Crippen molar-refractivity contribution in [1.82, 2.24) is 4.31 Å². The SMILES string of the molecule is COC(=O)CN(C(C)C)S(=O)(=O)CCl. The van der Waals surface area contributed by atoms with Crippen LogP contribution in [0.15, 0.2) is 0 Å². The fraction of sp³-hybridized carbons (Fsp3) is 0.857. The van der Waals surface area contributed by atoms with Crippen molar-refractivity contribution in [3.05, 3.63) is 0 Å². The summed E-state index contributed by atoms with van der Waals surface area (Å²) in [5.41, 5.74) is 0. The molecule has 0 saturated carbocycles. The Morgan fingerprint density at radius 1 is 1.50 bits per heavy atom. The van der Waals surface area contributed by atoms with Gasteiger partial charge >= 0.3 is 5.97 Å². The van der Waals surface area contributed by atoms with E-state index in [1.165, 1.54) is 7.11 Å². The van der Waals surface area contributed by atoms with E-state index in [9.17, 15) is 13.2 Å². The molecule has 0 amide bonds. The van der Waals surface area contributed by atoms with Crippen LogP contribution in [0, 0.1) is 0 Å². The largest absolute Gasteiger partial charge is 0.468 e. The molecule has 0 rings (SSSR count). The second kappa shape index (κ2) is 5.53. The van der Waals surface area contributed by atoms with Crippen LogP contribution in [0.25, 0.3) is 0 Å². The molecule has 0 aromatic carbocycles. The lowest BCUT2D eigenvalue weighted by Crippen LogP contribution is -2.41. The molecule has 0 unspecified atom stereocenters. The van der Waals surface area contributed by atoms with Crippen LogP contribution in [-0.2, 0) is 19.6 Å². The number of carbonyl (C=O) groups excluding carboxylic acids is 1. The molecule has 0 aliphatic heterocycles. The third-order valence-electron chi connectivity index (χ3n) is 1.58. The predicted octanol–water partition coefficient (Wildman–Crippen LogP) is 0.396. The summed E-state index contributed by atoms with van der Waals surface area (Å²) in [6.07, 6.45) is 0. The van der Waals surface area contributed by atoms with Crippen molar-refractivity contribution >= 4 is 27.6 Å². The van der Waals surface area contributed by atoms with Crippen molar-refractivity contribution in [3.63, 3.8) is 0 Å². The van der Waals surface area contributed by atoms with Gasteiger partial charge in [0.05, 0.1) is 7.11 Å². The summed E-state index contributed by atoms with van der Waals surface area (Å²) in [5, 5.41) is -0.540. The van der Waals surface area contributed by atoms with E-state index in [0.29, 0.717) is 0 Å². The second-order valence-electron chi connectivity index (χ2n) is 2.94. The minimum Gasteiger partial charge on any atom is -0.468 e. The van der Waals surface area contributed by atoms with Crippen LogP contribution in [0.1, 0.15) is 13.8 Å². The Morgan fingerprint density at radius 2 is 2.00 bits per heavy atom. The standard InChI is InChI=1S/C7H14ClNO4S/c1-6(2)9(4-7(10)13-3)14(11,12)5-8/h6H,4-5H2,1-3H3. The van der Waals surface area contributed by atoms with Crippen molar-refractivity contribution in [2.45, 2.75) is 19.9 Å². The number of halogens is 1. The van der Waals surface area contributed by atoms with Gasteiger partial charge in [-0.25, -0.2) is 8.42 Å². The Morgan fingerprint density at radius 3 is 2.29 bits per heavy atom. The highest BCUT2D eigenvalue weighted by Gasteiger charge is 2.26. The average molecular weight is 244 g/mol. The van der Waals surface area contributed by atoms with Crippen LogP contribution in [0.2, 0.25) is 0 Å². The molecule has 5 nitrogen and oxygen atoms in total. The Kier molecular flexibility index (Phi) is 5.40. The van der Waals surface area contributed by atoms with Crippen molar-refractivity contribution in [2.75, 3.05) is 18.9 Å². The quantitative estimate of drug-likeness (QED) is 0.518. The maximum atomic E-state index is 11.4. The minimum absolute atomic E-state index is 0.302. The Hall–Kier alpha value is -0.330. The Labute approximate surface area is 89.0 Å². The van der Waals surface area contributed by atoms with E-state index in [4.69, 9.17) is 11.6 Å². The van der Waals surface area contributed by atoms with Crippen LogP contribution in [-0.4, -0.2) is 43.6 Å². The highest BCUT2D eigenvalue weighted by Crippen LogP contribution is 2.08. The lowest BCUT2D eigenvalue weighted by atomic mass is 10.4. The molecule has 0 aliphatic rings. The Bertz CT molecular complexity index is 288. The lowest BCUT2D eigenvalue weighted by molar-refractivity contribution is -0.141. The molecule has 0 aliphatic carbocycles. The molecule has 84 valence electrons. The smallest absolute Gasteiger partial charge is 0.321 e. The first kappa shape index (κ1) is 13.7. The molecule has 0 spiro atoms. The summed E-state index contributed by atoms with van der Waals surface area (Å²) < 4.78 is 28.1. The molecule has 0 N–H and O–H groups in total. The molecule has 7 heteroatoms. The van der Waals surface area contributed by atoms with Crippen LogP contribution >= 0.6 is 11.6 Å². The van der Waals surface area contributed by atoms with Gasteiger partial charge in [-0.1, -0.05) is 0 Å². The van der Waals surface area contributed by atoms with E-state index in [1.54, 1.807) is 13.8 Å². The van der Waals surface area contributed by atoms with E-state index in [2.05, 4.69) is 4.74 Å². The highest BCUT2D eigenvalue weighted by atomic mass is 35.5. The summed E-state index contributed by atoms with van der Waals surface area (Å²) >= 11 is 5.28. The van der Waals surface area contributed by atoms with E-state index in [1.807, 2.05) is 0 Å². The maximum absolute atomic E-state index is 11.4. The number of carbonyl (C=O) groups is 1. The molecule has 0 heterocycles. The van der Waals surface area contributed by atoms with Gasteiger partial charge in [0.15, 0.2) is 0 Å². The van der Waals surface area contributed by atoms with E-state index in [-0.39, 0.29) is 12.6 Å². The number of nitrogens with zero attached hydrogens (tertiary/aromatic N) is 1. The van der Waals surface area contributed by atoms with Gasteiger partial charge in [-0.3, -0.25) is 4.79 Å². The number of ether oxygens (including phenoxy) is 1. The van der Waals surface area contributed by atoms with Crippen LogP contribution in [0.3, 0.4) is 0 Å². The zero-order valence-electron chi connectivity index (χ0n) is 8.36. The zero-order valence-corrected chi connectivity index (χ0v) is 9.93. The van der Waals surface area contributed by atoms with Gasteiger partial charge in [-0.2, -0.15) is 4.31 Å². The molecule has 0 aromatic heterocycles. The monoisotopic (exact) mass is 243 g/mol. The van der Waals surface area contributed by atoms with Gasteiger partial charge in [0.25, 0.3) is 0 Å². The molecule has 0 fully saturated rings. The molecule has 0 aromatic rings. The summed E-state index contributed by atoms with van der Waals surface area (Å²) in [7, 11) is -2.36. The average Bonchev–Trinajstić information content (AvgIpc) is 2.12. The third kappa shape index (κ3) is 3.81. The molecule has 0 saturated heterocycles. The Balaban J connectivity index is 4.71. The van der Waals surface area contributed by atoms with Crippen molar-refractivity contribution in [1.29, 1.82) is 0 Å². The van der Waals surface area contributed by atoms with Crippen LogP contribution in [0.5, 0.6) is 0 Å². The van der Waals surface area contributed by atoms with E-state index < -0.39 is 21.2 Å². The van der Waals surface area contributed by atoms with Crippen molar-refractivity contribution < 1.29 is 17.9 Å². The second-order valence-corrected chi connectivity index (χ2v) is 5.44. The summed E-state index contributed by atoms with van der Waals surface area (Å²) in [6.45, 7) is 3.02. The number of alkyl halides is 1. The first-order chi connectivity index (χ1) is 6.35. The maximum Gasteiger partial charge on any atom is 0.321 e. The van der Waals surface area contributed by atoms with Gasteiger partial charge in [0.2, 0.25) is 10.0 Å². The zero-order chi connectivity index (χ0) is 11.4. The number of sulfonamides is 1. The van der Waals surface area contributed by atoms with E-state index >= 15 is 0 Å². The van der Waals surface area contributed by atoms with Crippen molar-refractivity contribution in [3.8, 4) is 0 Å². The first-order valence-corrected chi connectivity index (χ1v) is 6.11. The van der Waals surface area contributed by atoms with Crippen LogP contribution < -0.4 is 0 Å². The number of esters is 1. The fourth-order valence-electron chi connectivity index (χ4n) is 0.857. The topological polar surface area (TPSA) is 63.7 Å². The van der Waals surface area contributed by atoms with Crippen LogP contribution in [0.4, 0.5) is 0 Å². The van der Waals surface area contributed by atoms with Crippen molar-refractivity contribution in [2.24, 2.45) is 0 Å². The van der Waals surface area contributed by atoms with Gasteiger partial charge in [0, 0.05) is 6.04 Å². The highest BCUT2D eigenvalue weighted by molar-refractivity contribution is 7.90. The first-order valence-electron chi connectivity index (χ1n) is 3.97. The number of hydrogen-bond acceptors (Lipinski definition) is 4. The van der Waals surface area contributed by atoms with Gasteiger partial charge in [0.1, 0.15) is 11.8 Å². The summed E-state index contributed by atoms with van der Waals surface area (Å²) in [6, 6.07) is -0.321.